The summed E-state index contributed by atoms with van der Waals surface area (Å²) in [5.74, 6) is -0.583. The molecule has 0 aliphatic heterocycles. The number of ether oxygens (including phenoxy) is 1. The summed E-state index contributed by atoms with van der Waals surface area (Å²) >= 11 is 0. The third-order valence-electron chi connectivity index (χ3n) is 4.17. The van der Waals surface area contributed by atoms with Crippen LogP contribution in [-0.2, 0) is 9.53 Å². The standard InChI is InChI=1S/C19H30N2O4/c1-5-7-13-19(24,14-8-6-2)17(22)20-21(18(23)25-4)16-11-9-15(3)10-12-16/h9-12,24H,5-8,13-14H2,1-4H3,(H,20,22). The molecule has 6 nitrogen and oxygen atoms in total. The molecule has 1 aromatic rings. The van der Waals surface area contributed by atoms with Gasteiger partial charge in [0.2, 0.25) is 0 Å². The molecule has 0 bridgehead atoms. The number of unbranched alkanes of at least 4 members (excludes halogenated alkanes) is 2. The Bertz CT molecular complexity index is 549. The van der Waals surface area contributed by atoms with Crippen molar-refractivity contribution < 1.29 is 19.4 Å². The largest absolute Gasteiger partial charge is 0.451 e. The highest BCUT2D eigenvalue weighted by Crippen LogP contribution is 2.23. The van der Waals surface area contributed by atoms with Gasteiger partial charge in [-0.2, -0.15) is 5.01 Å². The van der Waals surface area contributed by atoms with Crippen LogP contribution in [0.5, 0.6) is 0 Å². The number of aryl methyl sites for hydroxylation is 1. The van der Waals surface area contributed by atoms with Gasteiger partial charge in [-0.1, -0.05) is 57.2 Å². The van der Waals surface area contributed by atoms with Crippen LogP contribution in [-0.4, -0.2) is 29.8 Å². The van der Waals surface area contributed by atoms with Gasteiger partial charge in [0.25, 0.3) is 5.91 Å². The van der Waals surface area contributed by atoms with Gasteiger partial charge in [-0.15, -0.1) is 0 Å². The van der Waals surface area contributed by atoms with E-state index in [1.807, 2.05) is 32.9 Å². The summed E-state index contributed by atoms with van der Waals surface area (Å²) < 4.78 is 4.76. The minimum absolute atomic E-state index is 0.359. The maximum absolute atomic E-state index is 12.7. The number of rotatable bonds is 8. The molecule has 140 valence electrons. The molecular weight excluding hydrogens is 320 g/mol. The van der Waals surface area contributed by atoms with E-state index >= 15 is 0 Å². The van der Waals surface area contributed by atoms with Crippen molar-refractivity contribution in [2.24, 2.45) is 0 Å². The van der Waals surface area contributed by atoms with Crippen molar-refractivity contribution in [3.63, 3.8) is 0 Å². The molecule has 0 spiro atoms. The highest BCUT2D eigenvalue weighted by molar-refractivity contribution is 5.94. The number of aliphatic hydroxyl groups is 1. The molecular formula is C19H30N2O4. The molecule has 0 saturated heterocycles. The number of hydrogen-bond donors (Lipinski definition) is 2. The second kappa shape index (κ2) is 10.0. The number of carbonyl (C=O) groups excluding carboxylic acids is 2. The second-order valence-electron chi connectivity index (χ2n) is 6.32. The minimum atomic E-state index is -1.50. The first-order chi connectivity index (χ1) is 11.9. The van der Waals surface area contributed by atoms with E-state index in [-0.39, 0.29) is 0 Å². The summed E-state index contributed by atoms with van der Waals surface area (Å²) in [7, 11) is 1.25. The number of methoxy groups -OCH3 is 1. The normalized spacial score (nSPS) is 11.1. The van der Waals surface area contributed by atoms with E-state index in [2.05, 4.69) is 5.43 Å². The molecule has 0 unspecified atom stereocenters. The lowest BCUT2D eigenvalue weighted by Gasteiger charge is -2.30. The second-order valence-corrected chi connectivity index (χ2v) is 6.32. The predicted molar refractivity (Wildman–Crippen MR) is 98.2 cm³/mol. The first-order valence-electron chi connectivity index (χ1n) is 8.86. The van der Waals surface area contributed by atoms with Gasteiger partial charge in [-0.05, 0) is 31.9 Å². The lowest BCUT2D eigenvalue weighted by molar-refractivity contribution is -0.141. The van der Waals surface area contributed by atoms with Gasteiger partial charge < -0.3 is 9.84 Å². The van der Waals surface area contributed by atoms with Crippen LogP contribution in [0.3, 0.4) is 0 Å². The molecule has 6 heteroatoms. The lowest BCUT2D eigenvalue weighted by Crippen LogP contribution is -2.55. The highest BCUT2D eigenvalue weighted by Gasteiger charge is 2.36. The smallest absolute Gasteiger partial charge is 0.433 e. The zero-order valence-electron chi connectivity index (χ0n) is 15.7. The van der Waals surface area contributed by atoms with Crippen LogP contribution < -0.4 is 10.4 Å². The Morgan fingerprint density at radius 1 is 1.12 bits per heavy atom. The molecule has 0 fully saturated rings. The van der Waals surface area contributed by atoms with Crippen molar-refractivity contribution in [1.82, 2.24) is 5.43 Å². The Morgan fingerprint density at radius 3 is 2.08 bits per heavy atom. The first-order valence-corrected chi connectivity index (χ1v) is 8.86. The van der Waals surface area contributed by atoms with E-state index in [9.17, 15) is 14.7 Å². The quantitative estimate of drug-likeness (QED) is 0.701. The molecule has 0 heterocycles. The van der Waals surface area contributed by atoms with Crippen molar-refractivity contribution in [3.05, 3.63) is 29.8 Å². The Morgan fingerprint density at radius 2 is 1.64 bits per heavy atom. The number of benzene rings is 1. The Hall–Kier alpha value is -2.08. The van der Waals surface area contributed by atoms with Crippen LogP contribution in [0.25, 0.3) is 0 Å². The topological polar surface area (TPSA) is 78.9 Å². The zero-order valence-corrected chi connectivity index (χ0v) is 15.7. The van der Waals surface area contributed by atoms with Crippen LogP contribution in [0.2, 0.25) is 0 Å². The van der Waals surface area contributed by atoms with Crippen LogP contribution in [0, 0.1) is 6.92 Å². The molecule has 0 atom stereocenters. The molecule has 1 rings (SSSR count). The molecule has 0 aromatic heterocycles. The number of carbonyl (C=O) groups is 2. The Labute approximate surface area is 150 Å². The fraction of sp³-hybridized carbons (Fsp3) is 0.579. The zero-order chi connectivity index (χ0) is 18.9. The van der Waals surface area contributed by atoms with Gasteiger partial charge in [0.15, 0.2) is 0 Å². The SMILES string of the molecule is CCCCC(O)(CCCC)C(=O)NN(C(=O)OC)c1ccc(C)cc1. The Kier molecular flexibility index (Phi) is 8.41. The van der Waals surface area contributed by atoms with Gasteiger partial charge in [-0.25, -0.2) is 4.79 Å². The summed E-state index contributed by atoms with van der Waals surface area (Å²) in [6.07, 6.45) is 3.22. The monoisotopic (exact) mass is 350 g/mol. The number of hydrogen-bond acceptors (Lipinski definition) is 4. The van der Waals surface area contributed by atoms with Gasteiger partial charge in [-0.3, -0.25) is 10.2 Å². The summed E-state index contributed by atoms with van der Waals surface area (Å²) in [5, 5.41) is 11.9. The third-order valence-corrected chi connectivity index (χ3v) is 4.17. The van der Waals surface area contributed by atoms with Crippen molar-refractivity contribution in [3.8, 4) is 0 Å². The molecule has 2 N–H and O–H groups in total. The van der Waals surface area contributed by atoms with Crippen molar-refractivity contribution in [2.75, 3.05) is 12.1 Å². The molecule has 0 aliphatic rings. The Balaban J connectivity index is 3.01. The van der Waals surface area contributed by atoms with E-state index in [0.29, 0.717) is 18.5 Å². The number of nitrogens with one attached hydrogen (secondary N) is 1. The van der Waals surface area contributed by atoms with E-state index in [1.54, 1.807) is 12.1 Å². The van der Waals surface area contributed by atoms with E-state index < -0.39 is 17.6 Å². The average molecular weight is 350 g/mol. The van der Waals surface area contributed by atoms with E-state index in [0.717, 1.165) is 36.3 Å². The summed E-state index contributed by atoms with van der Waals surface area (Å²) in [6.45, 7) is 5.94. The number of hydrazine groups is 1. The minimum Gasteiger partial charge on any atom is -0.451 e. The van der Waals surface area contributed by atoms with E-state index in [4.69, 9.17) is 4.74 Å². The summed E-state index contributed by atoms with van der Waals surface area (Å²) in [6, 6.07) is 7.09. The van der Waals surface area contributed by atoms with Crippen LogP contribution in [0.1, 0.15) is 57.9 Å². The summed E-state index contributed by atoms with van der Waals surface area (Å²) in [5.41, 5.74) is 2.54. The molecule has 2 amide bonds. The number of nitrogens with zero attached hydrogens (tertiary/aromatic N) is 1. The van der Waals surface area contributed by atoms with Gasteiger partial charge in [0.1, 0.15) is 5.60 Å². The molecule has 0 aliphatic carbocycles. The molecule has 0 radical (unpaired) electrons. The highest BCUT2D eigenvalue weighted by atomic mass is 16.5. The third kappa shape index (κ3) is 6.05. The van der Waals surface area contributed by atoms with Gasteiger partial charge >= 0.3 is 6.09 Å². The van der Waals surface area contributed by atoms with Crippen molar-refractivity contribution in [2.45, 2.75) is 64.9 Å². The van der Waals surface area contributed by atoms with Crippen molar-refractivity contribution >= 4 is 17.7 Å². The van der Waals surface area contributed by atoms with Crippen molar-refractivity contribution in [1.29, 1.82) is 0 Å². The molecule has 25 heavy (non-hydrogen) atoms. The maximum atomic E-state index is 12.7. The van der Waals surface area contributed by atoms with Crippen LogP contribution in [0.15, 0.2) is 24.3 Å². The predicted octanol–water partition coefficient (Wildman–Crippen LogP) is 3.71. The van der Waals surface area contributed by atoms with Gasteiger partial charge in [0.05, 0.1) is 12.8 Å². The molecule has 1 aromatic carbocycles. The lowest BCUT2D eigenvalue weighted by atomic mass is 9.90. The number of anilines is 1. The summed E-state index contributed by atoms with van der Waals surface area (Å²) in [4.78, 5) is 24.8. The fourth-order valence-corrected chi connectivity index (χ4v) is 2.50. The number of amides is 2. The maximum Gasteiger partial charge on any atom is 0.433 e. The average Bonchev–Trinajstić information content (AvgIpc) is 2.62. The fourth-order valence-electron chi connectivity index (χ4n) is 2.50. The van der Waals surface area contributed by atoms with Gasteiger partial charge in [0, 0.05) is 0 Å². The first kappa shape index (κ1) is 21.0. The van der Waals surface area contributed by atoms with Crippen LogP contribution in [0.4, 0.5) is 10.5 Å². The van der Waals surface area contributed by atoms with Crippen LogP contribution >= 0.6 is 0 Å². The van der Waals surface area contributed by atoms with E-state index in [1.165, 1.54) is 7.11 Å². The molecule has 0 saturated carbocycles.